The number of nitrogens with zero attached hydrogens (tertiary/aromatic N) is 2. The number of aromatic nitrogens is 2. The van der Waals surface area contributed by atoms with Crippen LogP contribution in [0.15, 0.2) is 47.4 Å². The van der Waals surface area contributed by atoms with Gasteiger partial charge in [-0.25, -0.2) is 9.66 Å². The van der Waals surface area contributed by atoms with E-state index in [2.05, 4.69) is 21.0 Å². The van der Waals surface area contributed by atoms with Gasteiger partial charge in [-0.15, -0.1) is 0 Å². The van der Waals surface area contributed by atoms with Gasteiger partial charge in [0, 0.05) is 30.1 Å². The Balaban J connectivity index is 1.27. The summed E-state index contributed by atoms with van der Waals surface area (Å²) in [5.74, 6) is 1.22. The smallest absolute Gasteiger partial charge is 0.312 e. The number of aryl methyl sites for hydroxylation is 1. The molecule has 2 amide bonds. The van der Waals surface area contributed by atoms with Gasteiger partial charge in [0.05, 0.1) is 18.3 Å². The van der Waals surface area contributed by atoms with Crippen molar-refractivity contribution >= 4 is 29.2 Å². The lowest BCUT2D eigenvalue weighted by atomic mass is 10.1. The van der Waals surface area contributed by atoms with E-state index < -0.39 is 17.6 Å². The molecular formula is C28H30ClN5O6. The van der Waals surface area contributed by atoms with Crippen molar-refractivity contribution in [2.45, 2.75) is 38.7 Å². The van der Waals surface area contributed by atoms with Crippen LogP contribution in [0, 0.1) is 12.8 Å². The minimum Gasteiger partial charge on any atom is -0.480 e. The molecule has 40 heavy (non-hydrogen) atoms. The van der Waals surface area contributed by atoms with Crippen LogP contribution in [0.5, 0.6) is 17.2 Å². The average molecular weight is 568 g/mol. The number of halogens is 1. The molecule has 1 unspecified atom stereocenters. The molecule has 1 saturated carbocycles. The molecule has 3 aromatic rings. The second-order valence-electron chi connectivity index (χ2n) is 9.71. The number of hydrogen-bond donors (Lipinski definition) is 3. The second-order valence-corrected chi connectivity index (χ2v) is 10.1. The van der Waals surface area contributed by atoms with E-state index in [1.807, 2.05) is 18.2 Å². The number of anilines is 1. The van der Waals surface area contributed by atoms with E-state index in [9.17, 15) is 14.4 Å². The zero-order valence-corrected chi connectivity index (χ0v) is 22.9. The van der Waals surface area contributed by atoms with Gasteiger partial charge in [-0.1, -0.05) is 17.7 Å². The minimum absolute atomic E-state index is 0.0133. The summed E-state index contributed by atoms with van der Waals surface area (Å²) in [6.45, 7) is 2.33. The molecule has 1 aromatic heterocycles. The normalized spacial score (nSPS) is 14.4. The number of carbonyl (C=O) groups is 2. The van der Waals surface area contributed by atoms with Crippen LogP contribution < -0.4 is 35.8 Å². The minimum atomic E-state index is -0.855. The lowest BCUT2D eigenvalue weighted by Crippen LogP contribution is -2.44. The highest BCUT2D eigenvalue weighted by Gasteiger charge is 2.39. The topological polar surface area (TPSA) is 133 Å². The number of amides is 2. The molecule has 3 N–H and O–H groups in total. The standard InChI is InChI=1S/C28H30ClN5O6/c1-16-14-32-26(31-10-9-17-3-7-22-23(11-17)39-15-38-22)28(37)34(16)33-27(36)25(18-4-5-18)40-21-8-6-20(29)12-19(21)13-24(35)30-2/h3,6-8,11-12,14,18,25H,4-5,9-10,13,15H2,1-2H3,(H,30,35)(H,31,32)(H,33,36). The van der Waals surface area contributed by atoms with E-state index >= 15 is 0 Å². The second kappa shape index (κ2) is 11.9. The van der Waals surface area contributed by atoms with Crippen molar-refractivity contribution in [3.05, 3.63) is 74.8 Å². The maximum Gasteiger partial charge on any atom is 0.312 e. The van der Waals surface area contributed by atoms with Crippen LogP contribution in [0.4, 0.5) is 5.82 Å². The summed E-state index contributed by atoms with van der Waals surface area (Å²) in [6, 6.07) is 10.6. The molecular weight excluding hydrogens is 538 g/mol. The van der Waals surface area contributed by atoms with Gasteiger partial charge in [0.1, 0.15) is 5.75 Å². The number of benzene rings is 2. The third-order valence-electron chi connectivity index (χ3n) is 6.72. The highest BCUT2D eigenvalue weighted by Crippen LogP contribution is 2.36. The van der Waals surface area contributed by atoms with Gasteiger partial charge in [0.2, 0.25) is 12.7 Å². The fourth-order valence-electron chi connectivity index (χ4n) is 4.35. The van der Waals surface area contributed by atoms with Crippen LogP contribution in [0.25, 0.3) is 0 Å². The molecule has 2 aromatic carbocycles. The molecule has 0 bridgehead atoms. The third kappa shape index (κ3) is 6.31. The number of carbonyl (C=O) groups excluding carboxylic acids is 2. The Kier molecular flexibility index (Phi) is 8.11. The SMILES string of the molecule is CNC(=O)Cc1cc(Cl)ccc1OC(C(=O)Nn1c(C)cnc(NCCc2ccc3c(c2)OCO3)c1=O)C1CC1. The van der Waals surface area contributed by atoms with Gasteiger partial charge in [-0.2, -0.15) is 0 Å². The quantitative estimate of drug-likeness (QED) is 0.322. The van der Waals surface area contributed by atoms with Crippen LogP contribution in [-0.2, 0) is 22.4 Å². The fourth-order valence-corrected chi connectivity index (χ4v) is 4.55. The van der Waals surface area contributed by atoms with E-state index in [-0.39, 0.29) is 30.9 Å². The van der Waals surface area contributed by atoms with Crippen LogP contribution in [0.1, 0.15) is 29.7 Å². The molecule has 1 aliphatic heterocycles. The van der Waals surface area contributed by atoms with Crippen LogP contribution >= 0.6 is 11.6 Å². The van der Waals surface area contributed by atoms with E-state index in [1.165, 1.54) is 10.9 Å². The number of hydrogen-bond acceptors (Lipinski definition) is 8. The van der Waals surface area contributed by atoms with E-state index in [0.717, 1.165) is 18.4 Å². The van der Waals surface area contributed by atoms with Gasteiger partial charge in [-0.3, -0.25) is 19.8 Å². The molecule has 5 rings (SSSR count). The van der Waals surface area contributed by atoms with Gasteiger partial charge in [-0.05, 0) is 62.1 Å². The summed E-state index contributed by atoms with van der Waals surface area (Å²) in [4.78, 5) is 42.9. The summed E-state index contributed by atoms with van der Waals surface area (Å²) in [7, 11) is 1.54. The van der Waals surface area contributed by atoms with Crippen molar-refractivity contribution in [1.82, 2.24) is 15.0 Å². The first-order valence-corrected chi connectivity index (χ1v) is 13.4. The summed E-state index contributed by atoms with van der Waals surface area (Å²) in [6.07, 6.45) is 2.95. The first-order valence-electron chi connectivity index (χ1n) is 13.0. The number of likely N-dealkylation sites (N-methyl/N-ethyl adjacent to an activating group) is 1. The third-order valence-corrected chi connectivity index (χ3v) is 6.95. The molecule has 1 aliphatic carbocycles. The number of rotatable bonds is 11. The van der Waals surface area contributed by atoms with Gasteiger partial charge >= 0.3 is 5.56 Å². The average Bonchev–Trinajstić information content (AvgIpc) is 3.67. The zero-order valence-electron chi connectivity index (χ0n) is 22.2. The Morgan fingerprint density at radius 3 is 2.75 bits per heavy atom. The van der Waals surface area contributed by atoms with Gasteiger partial charge < -0.3 is 24.8 Å². The van der Waals surface area contributed by atoms with Crippen LogP contribution in [0.2, 0.25) is 5.02 Å². The lowest BCUT2D eigenvalue weighted by molar-refractivity contribution is -0.124. The van der Waals surface area contributed by atoms with E-state index in [1.54, 1.807) is 32.2 Å². The number of nitrogens with one attached hydrogen (secondary N) is 3. The van der Waals surface area contributed by atoms with Gasteiger partial charge in [0.25, 0.3) is 5.91 Å². The Labute approximate surface area is 235 Å². The molecule has 2 heterocycles. The van der Waals surface area contributed by atoms with Crippen LogP contribution in [0.3, 0.4) is 0 Å². The largest absolute Gasteiger partial charge is 0.480 e. The predicted molar refractivity (Wildman–Crippen MR) is 149 cm³/mol. The Morgan fingerprint density at radius 1 is 1.18 bits per heavy atom. The number of ether oxygens (including phenoxy) is 3. The first kappa shape index (κ1) is 27.3. The van der Waals surface area contributed by atoms with Gasteiger partial charge in [0.15, 0.2) is 23.4 Å². The molecule has 0 radical (unpaired) electrons. The van der Waals surface area contributed by atoms with E-state index in [4.69, 9.17) is 25.8 Å². The van der Waals surface area contributed by atoms with Crippen LogP contribution in [-0.4, -0.2) is 48.0 Å². The highest BCUT2D eigenvalue weighted by atomic mass is 35.5. The Bertz CT molecular complexity index is 1490. The Morgan fingerprint density at radius 2 is 1.98 bits per heavy atom. The summed E-state index contributed by atoms with van der Waals surface area (Å²) in [5, 5.41) is 6.09. The lowest BCUT2D eigenvalue weighted by Gasteiger charge is -2.22. The van der Waals surface area contributed by atoms with E-state index in [0.29, 0.717) is 46.5 Å². The molecule has 12 heteroatoms. The predicted octanol–water partition coefficient (Wildman–Crippen LogP) is 2.80. The monoisotopic (exact) mass is 567 g/mol. The molecule has 210 valence electrons. The summed E-state index contributed by atoms with van der Waals surface area (Å²) in [5.41, 5.74) is 4.26. The molecule has 1 atom stereocenters. The molecule has 1 fully saturated rings. The van der Waals surface area contributed by atoms with Crippen molar-refractivity contribution in [2.75, 3.05) is 31.1 Å². The van der Waals surface area contributed by atoms with Crippen molar-refractivity contribution in [3.63, 3.8) is 0 Å². The first-order chi connectivity index (χ1) is 19.3. The number of fused-ring (bicyclic) bond motifs is 1. The van der Waals surface area contributed by atoms with Crippen molar-refractivity contribution in [1.29, 1.82) is 0 Å². The summed E-state index contributed by atoms with van der Waals surface area (Å²) < 4.78 is 18.1. The molecule has 2 aliphatic rings. The summed E-state index contributed by atoms with van der Waals surface area (Å²) >= 11 is 6.14. The van der Waals surface area contributed by atoms with Crippen molar-refractivity contribution < 1.29 is 23.8 Å². The van der Waals surface area contributed by atoms with Crippen molar-refractivity contribution in [2.24, 2.45) is 5.92 Å². The molecule has 11 nitrogen and oxygen atoms in total. The highest BCUT2D eigenvalue weighted by molar-refractivity contribution is 6.30. The zero-order chi connectivity index (χ0) is 28.2. The molecule has 0 saturated heterocycles. The molecule has 0 spiro atoms. The maximum absolute atomic E-state index is 13.4. The maximum atomic E-state index is 13.4. The Hall–Kier alpha value is -4.25. The van der Waals surface area contributed by atoms with Crippen molar-refractivity contribution in [3.8, 4) is 17.2 Å². The fraction of sp³-hybridized carbons (Fsp3) is 0.357.